The molecule has 0 aliphatic carbocycles. The Morgan fingerprint density at radius 1 is 1.42 bits per heavy atom. The number of pyridine rings is 1. The first-order chi connectivity index (χ1) is 8.91. The van der Waals surface area contributed by atoms with Crippen LogP contribution in [0, 0.1) is 0 Å². The Morgan fingerprint density at radius 2 is 2.11 bits per heavy atom. The van der Waals surface area contributed by atoms with Crippen LogP contribution in [-0.2, 0) is 10.9 Å². The van der Waals surface area contributed by atoms with Gasteiger partial charge in [0.15, 0.2) is 5.78 Å². The molecular weight excluding hydrogens is 259 g/mol. The number of ketones is 1. The summed E-state index contributed by atoms with van der Waals surface area (Å²) >= 11 is 0. The molecule has 0 aliphatic heterocycles. The lowest BCUT2D eigenvalue weighted by molar-refractivity contribution is -0.138. The minimum absolute atomic E-state index is 0.276. The van der Waals surface area contributed by atoms with E-state index in [0.29, 0.717) is 12.8 Å². The van der Waals surface area contributed by atoms with E-state index in [4.69, 9.17) is 4.74 Å². The summed E-state index contributed by atoms with van der Waals surface area (Å²) in [6.07, 6.45) is -2.41. The highest BCUT2D eigenvalue weighted by Crippen LogP contribution is 2.32. The molecule has 0 N–H and O–H groups in total. The lowest BCUT2D eigenvalue weighted by Crippen LogP contribution is -2.27. The van der Waals surface area contributed by atoms with E-state index in [1.165, 1.54) is 0 Å². The molecular formula is C13H16F3NO2. The number of halogens is 3. The minimum atomic E-state index is -4.57. The normalized spacial score (nSPS) is 13.3. The van der Waals surface area contributed by atoms with Crippen LogP contribution in [0.1, 0.15) is 42.6 Å². The molecule has 1 unspecified atom stereocenters. The van der Waals surface area contributed by atoms with Crippen molar-refractivity contribution in [3.05, 3.63) is 29.6 Å². The molecule has 1 atom stereocenters. The lowest BCUT2D eigenvalue weighted by atomic mass is 9.99. The van der Waals surface area contributed by atoms with Gasteiger partial charge in [-0.1, -0.05) is 13.3 Å². The largest absolute Gasteiger partial charge is 0.417 e. The Hall–Kier alpha value is -1.43. The van der Waals surface area contributed by atoms with Crippen molar-refractivity contribution in [2.75, 3.05) is 6.61 Å². The molecule has 0 fully saturated rings. The topological polar surface area (TPSA) is 39.2 Å². The first-order valence-electron chi connectivity index (χ1n) is 6.08. The number of rotatable bonds is 6. The van der Waals surface area contributed by atoms with Crippen LogP contribution in [0.2, 0.25) is 0 Å². The van der Waals surface area contributed by atoms with Gasteiger partial charge in [0.05, 0.1) is 11.1 Å². The Balaban J connectivity index is 3.11. The predicted molar refractivity (Wildman–Crippen MR) is 63.9 cm³/mol. The number of alkyl halides is 3. The third-order valence-corrected chi connectivity index (χ3v) is 2.60. The summed E-state index contributed by atoms with van der Waals surface area (Å²) in [5.41, 5.74) is -1.39. The summed E-state index contributed by atoms with van der Waals surface area (Å²) in [7, 11) is 0. The van der Waals surface area contributed by atoms with Crippen LogP contribution in [0.3, 0.4) is 0 Å². The summed E-state index contributed by atoms with van der Waals surface area (Å²) < 4.78 is 43.7. The van der Waals surface area contributed by atoms with E-state index in [-0.39, 0.29) is 6.61 Å². The van der Waals surface area contributed by atoms with E-state index < -0.39 is 29.2 Å². The summed E-state index contributed by atoms with van der Waals surface area (Å²) in [6.45, 7) is 3.81. The molecule has 0 bridgehead atoms. The van der Waals surface area contributed by atoms with E-state index in [0.717, 1.165) is 18.5 Å². The van der Waals surface area contributed by atoms with E-state index in [1.54, 1.807) is 6.92 Å². The van der Waals surface area contributed by atoms with Crippen LogP contribution in [-0.4, -0.2) is 23.5 Å². The maximum Gasteiger partial charge on any atom is 0.417 e. The van der Waals surface area contributed by atoms with Crippen molar-refractivity contribution >= 4 is 5.78 Å². The number of hydrogen-bond donors (Lipinski definition) is 0. The van der Waals surface area contributed by atoms with Gasteiger partial charge in [0.1, 0.15) is 6.10 Å². The van der Waals surface area contributed by atoms with Crippen molar-refractivity contribution in [2.24, 2.45) is 0 Å². The van der Waals surface area contributed by atoms with Crippen molar-refractivity contribution in [3.8, 4) is 0 Å². The first kappa shape index (κ1) is 15.6. The van der Waals surface area contributed by atoms with Gasteiger partial charge in [0, 0.05) is 19.0 Å². The van der Waals surface area contributed by atoms with Gasteiger partial charge in [-0.25, -0.2) is 0 Å². The van der Waals surface area contributed by atoms with Gasteiger partial charge in [0.25, 0.3) is 0 Å². The van der Waals surface area contributed by atoms with Crippen LogP contribution in [0.15, 0.2) is 18.5 Å². The number of hydrogen-bond acceptors (Lipinski definition) is 3. The number of carbonyl (C=O) groups excluding carboxylic acids is 1. The zero-order valence-electron chi connectivity index (χ0n) is 10.8. The van der Waals surface area contributed by atoms with Crippen molar-refractivity contribution in [1.29, 1.82) is 0 Å². The monoisotopic (exact) mass is 275 g/mol. The van der Waals surface area contributed by atoms with Gasteiger partial charge in [-0.15, -0.1) is 0 Å². The van der Waals surface area contributed by atoms with Crippen LogP contribution in [0.25, 0.3) is 0 Å². The molecule has 0 saturated carbocycles. The standard InChI is InChI=1S/C13H16F3NO2/c1-3-5-11(19-4-2)12(18)9-8-17-7-6-10(9)13(14,15)16/h6-8,11H,3-5H2,1-2H3. The highest BCUT2D eigenvalue weighted by Gasteiger charge is 2.36. The van der Waals surface area contributed by atoms with E-state index in [9.17, 15) is 18.0 Å². The van der Waals surface area contributed by atoms with Crippen LogP contribution in [0.5, 0.6) is 0 Å². The second-order valence-corrected chi connectivity index (χ2v) is 4.02. The summed E-state index contributed by atoms with van der Waals surface area (Å²) in [5.74, 6) is -0.663. The fourth-order valence-corrected chi connectivity index (χ4v) is 1.76. The number of nitrogens with zero attached hydrogens (tertiary/aromatic N) is 1. The molecule has 1 aromatic rings. The van der Waals surface area contributed by atoms with E-state index in [2.05, 4.69) is 4.98 Å². The van der Waals surface area contributed by atoms with Crippen molar-refractivity contribution in [2.45, 2.75) is 39.0 Å². The van der Waals surface area contributed by atoms with Gasteiger partial charge in [-0.05, 0) is 19.4 Å². The first-order valence-corrected chi connectivity index (χ1v) is 6.08. The average molecular weight is 275 g/mol. The molecule has 0 radical (unpaired) electrons. The molecule has 0 saturated heterocycles. The molecule has 19 heavy (non-hydrogen) atoms. The van der Waals surface area contributed by atoms with E-state index >= 15 is 0 Å². The number of carbonyl (C=O) groups is 1. The molecule has 6 heteroatoms. The Bertz CT molecular complexity index is 426. The quantitative estimate of drug-likeness (QED) is 0.746. The number of ether oxygens (including phenoxy) is 1. The van der Waals surface area contributed by atoms with Crippen molar-refractivity contribution < 1.29 is 22.7 Å². The maximum absolute atomic E-state index is 12.8. The molecule has 1 heterocycles. The zero-order valence-corrected chi connectivity index (χ0v) is 10.8. The third-order valence-electron chi connectivity index (χ3n) is 2.60. The number of aromatic nitrogens is 1. The molecule has 1 rings (SSSR count). The highest BCUT2D eigenvalue weighted by atomic mass is 19.4. The number of Topliss-reactive ketones (excluding diaryl/α,β-unsaturated/α-hetero) is 1. The average Bonchev–Trinajstić information content (AvgIpc) is 2.37. The molecule has 3 nitrogen and oxygen atoms in total. The van der Waals surface area contributed by atoms with E-state index in [1.807, 2.05) is 6.92 Å². The van der Waals surface area contributed by atoms with Crippen molar-refractivity contribution in [1.82, 2.24) is 4.98 Å². The Morgan fingerprint density at radius 3 is 2.63 bits per heavy atom. The van der Waals surface area contributed by atoms with Gasteiger partial charge in [-0.3, -0.25) is 9.78 Å². The van der Waals surface area contributed by atoms with Gasteiger partial charge < -0.3 is 4.74 Å². The second-order valence-electron chi connectivity index (χ2n) is 4.02. The maximum atomic E-state index is 12.8. The fraction of sp³-hybridized carbons (Fsp3) is 0.538. The van der Waals surface area contributed by atoms with Crippen LogP contribution < -0.4 is 0 Å². The van der Waals surface area contributed by atoms with Crippen LogP contribution in [0.4, 0.5) is 13.2 Å². The van der Waals surface area contributed by atoms with Crippen molar-refractivity contribution in [3.63, 3.8) is 0 Å². The Labute approximate surface area is 109 Å². The molecule has 0 aromatic carbocycles. The molecule has 0 spiro atoms. The summed E-state index contributed by atoms with van der Waals surface area (Å²) in [4.78, 5) is 15.7. The summed E-state index contributed by atoms with van der Waals surface area (Å²) in [6, 6.07) is 0.808. The zero-order chi connectivity index (χ0) is 14.5. The second kappa shape index (κ2) is 6.65. The van der Waals surface area contributed by atoms with Gasteiger partial charge >= 0.3 is 6.18 Å². The van der Waals surface area contributed by atoms with Gasteiger partial charge in [-0.2, -0.15) is 13.2 Å². The highest BCUT2D eigenvalue weighted by molar-refractivity contribution is 6.00. The predicted octanol–water partition coefficient (Wildman–Crippen LogP) is 3.49. The van der Waals surface area contributed by atoms with Gasteiger partial charge in [0.2, 0.25) is 0 Å². The SMILES string of the molecule is CCCC(OCC)C(=O)c1cnccc1C(F)(F)F. The Kier molecular flexibility index (Phi) is 5.47. The third kappa shape index (κ3) is 4.02. The molecule has 1 aromatic heterocycles. The smallest absolute Gasteiger partial charge is 0.370 e. The molecule has 106 valence electrons. The molecule has 0 amide bonds. The van der Waals surface area contributed by atoms with Crippen LogP contribution >= 0.6 is 0 Å². The fourth-order valence-electron chi connectivity index (χ4n) is 1.76. The minimum Gasteiger partial charge on any atom is -0.370 e. The summed E-state index contributed by atoms with van der Waals surface area (Å²) in [5, 5.41) is 0. The molecule has 0 aliphatic rings. The lowest BCUT2D eigenvalue weighted by Gasteiger charge is -2.17.